The van der Waals surface area contributed by atoms with Crippen LogP contribution in [0.15, 0.2) is 47.4 Å². The van der Waals surface area contributed by atoms with E-state index >= 15 is 0 Å². The van der Waals surface area contributed by atoms with E-state index in [2.05, 4.69) is 5.32 Å². The van der Waals surface area contributed by atoms with Crippen LogP contribution in [0.3, 0.4) is 0 Å². The molecule has 9 heteroatoms. The van der Waals surface area contributed by atoms with E-state index in [9.17, 15) is 18.0 Å². The van der Waals surface area contributed by atoms with E-state index in [1.54, 1.807) is 37.1 Å². The Hall–Kier alpha value is -2.36. The van der Waals surface area contributed by atoms with Gasteiger partial charge in [0.2, 0.25) is 15.9 Å². The van der Waals surface area contributed by atoms with E-state index in [-0.39, 0.29) is 23.0 Å². The molecule has 7 nitrogen and oxygen atoms in total. The summed E-state index contributed by atoms with van der Waals surface area (Å²) in [5.74, 6) is 1.70. The van der Waals surface area contributed by atoms with Crippen LogP contribution in [0.5, 0.6) is 5.75 Å². The first-order valence-electron chi connectivity index (χ1n) is 8.39. The molecule has 2 aromatic rings. The summed E-state index contributed by atoms with van der Waals surface area (Å²) in [4.78, 5) is 23.5. The Bertz CT molecular complexity index is 957. The van der Waals surface area contributed by atoms with Crippen molar-refractivity contribution in [3.05, 3.63) is 53.6 Å². The predicted molar refractivity (Wildman–Crippen MR) is 110 cm³/mol. The maximum atomic E-state index is 12.0. The van der Waals surface area contributed by atoms with Crippen LogP contribution in [-0.2, 0) is 20.6 Å². The number of carbonyl (C=O) groups excluding carboxylic acids is 2. The molecule has 0 aliphatic heterocycles. The first-order chi connectivity index (χ1) is 13.2. The second kappa shape index (κ2) is 9.72. The first-order valence-corrected chi connectivity index (χ1v) is 11.1. The van der Waals surface area contributed by atoms with Crippen molar-refractivity contribution >= 4 is 39.2 Å². The van der Waals surface area contributed by atoms with Gasteiger partial charge in [0, 0.05) is 34.7 Å². The van der Waals surface area contributed by atoms with Crippen LogP contribution >= 0.6 is 11.8 Å². The molecule has 2 aromatic carbocycles. The zero-order valence-corrected chi connectivity index (χ0v) is 17.2. The van der Waals surface area contributed by atoms with Crippen molar-refractivity contribution in [2.75, 3.05) is 18.2 Å². The van der Waals surface area contributed by atoms with Crippen molar-refractivity contribution in [3.63, 3.8) is 0 Å². The van der Waals surface area contributed by atoms with E-state index in [0.717, 1.165) is 5.56 Å². The summed E-state index contributed by atoms with van der Waals surface area (Å²) >= 11 is 1.55. The smallest absolute Gasteiger partial charge is 0.238 e. The molecular formula is C19H22N2O5S2. The standard InChI is InChI=1S/C19H22N2O5S2/c1-13(22)14-3-8-18(26-2)15(11-14)12-27-10-9-19(23)21-16-4-6-17(7-5-16)28(20,24)25/h3-8,11H,9-10,12H2,1-2H3,(H,21,23)(H2,20,24,25). The summed E-state index contributed by atoms with van der Waals surface area (Å²) in [7, 11) is -2.18. The van der Waals surface area contributed by atoms with Gasteiger partial charge in [-0.05, 0) is 49.4 Å². The number of sulfonamides is 1. The molecule has 0 aromatic heterocycles. The maximum Gasteiger partial charge on any atom is 0.238 e. The van der Waals surface area contributed by atoms with Crippen LogP contribution in [0.1, 0.15) is 29.3 Å². The Morgan fingerprint density at radius 1 is 1.14 bits per heavy atom. The fraction of sp³-hybridized carbons (Fsp3) is 0.263. The molecular weight excluding hydrogens is 400 g/mol. The molecule has 0 saturated heterocycles. The molecule has 0 aliphatic rings. The summed E-state index contributed by atoms with van der Waals surface area (Å²) in [6.45, 7) is 1.51. The molecule has 0 radical (unpaired) electrons. The molecule has 0 bridgehead atoms. The molecule has 3 N–H and O–H groups in total. The zero-order valence-electron chi connectivity index (χ0n) is 15.6. The van der Waals surface area contributed by atoms with E-state index < -0.39 is 10.0 Å². The van der Waals surface area contributed by atoms with E-state index in [1.165, 1.54) is 31.2 Å². The normalized spacial score (nSPS) is 11.1. The number of nitrogens with one attached hydrogen (secondary N) is 1. The van der Waals surface area contributed by atoms with Crippen molar-refractivity contribution < 1.29 is 22.7 Å². The zero-order chi connectivity index (χ0) is 20.7. The predicted octanol–water partition coefficient (Wildman–Crippen LogP) is 2.81. The highest BCUT2D eigenvalue weighted by Gasteiger charge is 2.10. The van der Waals surface area contributed by atoms with Gasteiger partial charge in [0.05, 0.1) is 12.0 Å². The van der Waals surface area contributed by atoms with Gasteiger partial charge in [-0.25, -0.2) is 13.6 Å². The lowest BCUT2D eigenvalue weighted by molar-refractivity contribution is -0.115. The molecule has 28 heavy (non-hydrogen) atoms. The van der Waals surface area contributed by atoms with E-state index in [4.69, 9.17) is 9.88 Å². The highest BCUT2D eigenvalue weighted by atomic mass is 32.2. The molecule has 0 heterocycles. The van der Waals surface area contributed by atoms with Gasteiger partial charge >= 0.3 is 0 Å². The van der Waals surface area contributed by atoms with Crippen LogP contribution < -0.4 is 15.2 Å². The number of hydrogen-bond donors (Lipinski definition) is 2. The van der Waals surface area contributed by atoms with Gasteiger partial charge < -0.3 is 10.1 Å². The second-order valence-corrected chi connectivity index (χ2v) is 8.67. The number of ether oxygens (including phenoxy) is 1. The average Bonchev–Trinajstić information content (AvgIpc) is 2.64. The van der Waals surface area contributed by atoms with Crippen LogP contribution in [0, 0.1) is 0 Å². The maximum absolute atomic E-state index is 12.0. The number of carbonyl (C=O) groups is 2. The Morgan fingerprint density at radius 2 is 1.82 bits per heavy atom. The topological polar surface area (TPSA) is 116 Å². The molecule has 0 saturated carbocycles. The van der Waals surface area contributed by atoms with E-state index in [0.29, 0.717) is 28.5 Å². The summed E-state index contributed by atoms with van der Waals surface area (Å²) in [6.07, 6.45) is 0.288. The lowest BCUT2D eigenvalue weighted by Gasteiger charge is -2.10. The minimum atomic E-state index is -3.75. The lowest BCUT2D eigenvalue weighted by atomic mass is 10.1. The quantitative estimate of drug-likeness (QED) is 0.474. The number of thioether (sulfide) groups is 1. The van der Waals surface area contributed by atoms with Gasteiger partial charge in [0.15, 0.2) is 5.78 Å². The van der Waals surface area contributed by atoms with Crippen LogP contribution in [-0.4, -0.2) is 33.0 Å². The monoisotopic (exact) mass is 422 g/mol. The summed E-state index contributed by atoms with van der Waals surface area (Å²) in [5, 5.41) is 7.75. The molecule has 2 rings (SSSR count). The Balaban J connectivity index is 1.84. The second-order valence-electron chi connectivity index (χ2n) is 6.00. The SMILES string of the molecule is COc1ccc(C(C)=O)cc1CSCCC(=O)Nc1ccc(S(N)(=O)=O)cc1. The van der Waals surface area contributed by atoms with Gasteiger partial charge in [0.1, 0.15) is 5.75 Å². The average molecular weight is 423 g/mol. The Morgan fingerprint density at radius 3 is 2.39 bits per heavy atom. The van der Waals surface area contributed by atoms with Crippen LogP contribution in [0.4, 0.5) is 5.69 Å². The summed E-state index contributed by atoms with van der Waals surface area (Å²) in [5.41, 5.74) is 2.02. The minimum absolute atomic E-state index is 0.0113. The molecule has 0 fully saturated rings. The number of ketones is 1. The number of benzene rings is 2. The summed E-state index contributed by atoms with van der Waals surface area (Å²) in [6, 6.07) is 11.0. The highest BCUT2D eigenvalue weighted by Crippen LogP contribution is 2.25. The number of methoxy groups -OCH3 is 1. The minimum Gasteiger partial charge on any atom is -0.496 e. The number of nitrogens with two attached hydrogens (primary N) is 1. The van der Waals surface area contributed by atoms with Gasteiger partial charge in [0.25, 0.3) is 0 Å². The number of amides is 1. The molecule has 0 unspecified atom stereocenters. The number of Topliss-reactive ketones (excluding diaryl/α,β-unsaturated/α-hetero) is 1. The number of hydrogen-bond acceptors (Lipinski definition) is 6. The Kier molecular flexibility index (Phi) is 7.61. The van der Waals surface area contributed by atoms with Crippen LogP contribution in [0.2, 0.25) is 0 Å². The van der Waals surface area contributed by atoms with Gasteiger partial charge in [-0.2, -0.15) is 11.8 Å². The molecule has 150 valence electrons. The molecule has 0 atom stereocenters. The van der Waals surface area contributed by atoms with Crippen LogP contribution in [0.25, 0.3) is 0 Å². The van der Waals surface area contributed by atoms with Gasteiger partial charge in [-0.1, -0.05) is 0 Å². The van der Waals surface area contributed by atoms with Gasteiger partial charge in [-0.3, -0.25) is 9.59 Å². The lowest BCUT2D eigenvalue weighted by Crippen LogP contribution is -2.14. The first kappa shape index (κ1) is 21.9. The molecule has 0 spiro atoms. The molecule has 0 aliphatic carbocycles. The highest BCUT2D eigenvalue weighted by molar-refractivity contribution is 7.98. The third-order valence-electron chi connectivity index (χ3n) is 3.88. The number of anilines is 1. The fourth-order valence-corrected chi connectivity index (χ4v) is 3.84. The van der Waals surface area contributed by atoms with Crippen molar-refractivity contribution in [3.8, 4) is 5.75 Å². The van der Waals surface area contributed by atoms with E-state index in [1.807, 2.05) is 0 Å². The third-order valence-corrected chi connectivity index (χ3v) is 5.82. The summed E-state index contributed by atoms with van der Waals surface area (Å²) < 4.78 is 27.8. The van der Waals surface area contributed by atoms with Crippen molar-refractivity contribution in [1.82, 2.24) is 0 Å². The number of rotatable bonds is 9. The van der Waals surface area contributed by atoms with Gasteiger partial charge in [-0.15, -0.1) is 0 Å². The fourth-order valence-electron chi connectivity index (χ4n) is 2.41. The Labute approximate surface area is 168 Å². The van der Waals surface area contributed by atoms with Crippen molar-refractivity contribution in [2.45, 2.75) is 24.0 Å². The van der Waals surface area contributed by atoms with Crippen molar-refractivity contribution in [2.24, 2.45) is 5.14 Å². The largest absolute Gasteiger partial charge is 0.496 e. The van der Waals surface area contributed by atoms with Crippen molar-refractivity contribution in [1.29, 1.82) is 0 Å². The molecule has 1 amide bonds. The number of primary sulfonamides is 1. The third kappa shape index (κ3) is 6.36.